The van der Waals surface area contributed by atoms with Crippen LogP contribution >= 0.6 is 0 Å². The highest BCUT2D eigenvalue weighted by Gasteiger charge is 2.29. The van der Waals surface area contributed by atoms with Gasteiger partial charge in [-0.2, -0.15) is 0 Å². The molecule has 0 amide bonds. The normalized spacial score (nSPS) is 27.5. The number of hydrogen-bond acceptors (Lipinski definition) is 1. The summed E-state index contributed by atoms with van der Waals surface area (Å²) in [6.45, 7) is 8.32. The van der Waals surface area contributed by atoms with Gasteiger partial charge in [0.25, 0.3) is 0 Å². The minimum absolute atomic E-state index is 0.704. The van der Waals surface area contributed by atoms with E-state index in [0.717, 1.165) is 17.8 Å². The molecule has 3 unspecified atom stereocenters. The molecule has 1 aliphatic carbocycles. The van der Waals surface area contributed by atoms with E-state index in [1.165, 1.54) is 50.6 Å². The molecule has 118 valence electrons. The van der Waals surface area contributed by atoms with E-state index in [4.69, 9.17) is 0 Å². The minimum atomic E-state index is 0.704. The van der Waals surface area contributed by atoms with Crippen LogP contribution in [0.3, 0.4) is 0 Å². The molecule has 0 saturated heterocycles. The predicted octanol–water partition coefficient (Wildman–Crippen LogP) is 5.06. The second-order valence-electron chi connectivity index (χ2n) is 7.26. The highest BCUT2D eigenvalue weighted by molar-refractivity contribution is 5.14. The SMILES string of the molecule is CCCNC(CCc1ccccc1)C1CC(C)CC(C)C1. The van der Waals surface area contributed by atoms with Crippen LogP contribution < -0.4 is 5.32 Å². The lowest BCUT2D eigenvalue weighted by molar-refractivity contribution is 0.171. The van der Waals surface area contributed by atoms with E-state index in [9.17, 15) is 0 Å². The Hall–Kier alpha value is -0.820. The summed E-state index contributed by atoms with van der Waals surface area (Å²) in [5, 5.41) is 3.85. The Morgan fingerprint density at radius 1 is 1.05 bits per heavy atom. The van der Waals surface area contributed by atoms with E-state index in [0.29, 0.717) is 6.04 Å². The lowest BCUT2D eigenvalue weighted by atomic mass is 9.73. The second kappa shape index (κ2) is 8.58. The molecule has 0 bridgehead atoms. The Kier molecular flexibility index (Phi) is 6.76. The van der Waals surface area contributed by atoms with Gasteiger partial charge in [-0.15, -0.1) is 0 Å². The first-order chi connectivity index (χ1) is 10.2. The Labute approximate surface area is 131 Å². The van der Waals surface area contributed by atoms with E-state index in [1.807, 2.05) is 0 Å². The highest BCUT2D eigenvalue weighted by atomic mass is 14.9. The van der Waals surface area contributed by atoms with Crippen molar-refractivity contribution in [1.82, 2.24) is 5.32 Å². The fraction of sp³-hybridized carbons (Fsp3) is 0.700. The largest absolute Gasteiger partial charge is 0.314 e. The zero-order valence-corrected chi connectivity index (χ0v) is 14.1. The molecule has 0 aliphatic heterocycles. The van der Waals surface area contributed by atoms with Crippen LogP contribution in [0, 0.1) is 17.8 Å². The van der Waals surface area contributed by atoms with Crippen molar-refractivity contribution in [2.75, 3.05) is 6.54 Å². The van der Waals surface area contributed by atoms with Gasteiger partial charge in [0.1, 0.15) is 0 Å². The maximum Gasteiger partial charge on any atom is 0.00986 e. The van der Waals surface area contributed by atoms with Gasteiger partial charge in [0, 0.05) is 6.04 Å². The lowest BCUT2D eigenvalue weighted by Gasteiger charge is -2.37. The average Bonchev–Trinajstić information content (AvgIpc) is 2.47. The summed E-state index contributed by atoms with van der Waals surface area (Å²) in [7, 11) is 0. The quantitative estimate of drug-likeness (QED) is 0.739. The molecular weight excluding hydrogens is 254 g/mol. The van der Waals surface area contributed by atoms with Gasteiger partial charge < -0.3 is 5.32 Å². The van der Waals surface area contributed by atoms with Gasteiger partial charge >= 0.3 is 0 Å². The van der Waals surface area contributed by atoms with E-state index >= 15 is 0 Å². The summed E-state index contributed by atoms with van der Waals surface area (Å²) >= 11 is 0. The molecule has 0 aromatic heterocycles. The first-order valence-electron chi connectivity index (χ1n) is 8.96. The molecule has 3 atom stereocenters. The Bertz CT molecular complexity index is 376. The van der Waals surface area contributed by atoms with Gasteiger partial charge in [-0.3, -0.25) is 0 Å². The molecular formula is C20H33N. The smallest absolute Gasteiger partial charge is 0.00986 e. The van der Waals surface area contributed by atoms with Crippen molar-refractivity contribution in [2.24, 2.45) is 17.8 Å². The van der Waals surface area contributed by atoms with Crippen LogP contribution in [-0.2, 0) is 6.42 Å². The number of aryl methyl sites for hydroxylation is 1. The number of benzene rings is 1. The predicted molar refractivity (Wildman–Crippen MR) is 92.5 cm³/mol. The van der Waals surface area contributed by atoms with E-state index in [2.05, 4.69) is 56.4 Å². The lowest BCUT2D eigenvalue weighted by Crippen LogP contribution is -2.40. The van der Waals surface area contributed by atoms with Crippen LogP contribution in [0.15, 0.2) is 30.3 Å². The van der Waals surface area contributed by atoms with Crippen molar-refractivity contribution < 1.29 is 0 Å². The standard InChI is InChI=1S/C20H33N/c1-4-12-21-20(11-10-18-8-6-5-7-9-18)19-14-16(2)13-17(3)15-19/h5-9,16-17,19-21H,4,10-15H2,1-3H3. The van der Waals surface area contributed by atoms with Crippen LogP contribution in [0.4, 0.5) is 0 Å². The fourth-order valence-electron chi connectivity index (χ4n) is 4.14. The van der Waals surface area contributed by atoms with Gasteiger partial charge in [0.2, 0.25) is 0 Å². The molecule has 0 radical (unpaired) electrons. The van der Waals surface area contributed by atoms with Gasteiger partial charge in [-0.25, -0.2) is 0 Å². The van der Waals surface area contributed by atoms with Gasteiger partial charge in [-0.05, 0) is 68.4 Å². The molecule has 2 rings (SSSR count). The third-order valence-electron chi connectivity index (χ3n) is 5.03. The molecule has 0 spiro atoms. The zero-order chi connectivity index (χ0) is 15.1. The molecule has 0 heterocycles. The Balaban J connectivity index is 1.93. The fourth-order valence-corrected chi connectivity index (χ4v) is 4.14. The summed E-state index contributed by atoms with van der Waals surface area (Å²) in [4.78, 5) is 0. The van der Waals surface area contributed by atoms with E-state index in [1.54, 1.807) is 0 Å². The summed E-state index contributed by atoms with van der Waals surface area (Å²) in [5.41, 5.74) is 1.48. The third-order valence-corrected chi connectivity index (χ3v) is 5.03. The first-order valence-corrected chi connectivity index (χ1v) is 8.96. The van der Waals surface area contributed by atoms with Crippen LogP contribution in [-0.4, -0.2) is 12.6 Å². The average molecular weight is 287 g/mol. The summed E-state index contributed by atoms with van der Waals surface area (Å²) in [5.74, 6) is 2.68. The maximum absolute atomic E-state index is 3.85. The monoisotopic (exact) mass is 287 g/mol. The molecule has 1 aliphatic rings. The van der Waals surface area contributed by atoms with E-state index < -0.39 is 0 Å². The second-order valence-corrected chi connectivity index (χ2v) is 7.26. The van der Waals surface area contributed by atoms with Crippen molar-refractivity contribution in [3.8, 4) is 0 Å². The molecule has 1 aromatic carbocycles. The van der Waals surface area contributed by atoms with Crippen LogP contribution in [0.25, 0.3) is 0 Å². The van der Waals surface area contributed by atoms with Crippen LogP contribution in [0.5, 0.6) is 0 Å². The topological polar surface area (TPSA) is 12.0 Å². The van der Waals surface area contributed by atoms with Gasteiger partial charge in [0.05, 0.1) is 0 Å². The summed E-state index contributed by atoms with van der Waals surface area (Å²) in [6, 6.07) is 11.7. The van der Waals surface area contributed by atoms with Gasteiger partial charge in [0.15, 0.2) is 0 Å². The van der Waals surface area contributed by atoms with Crippen molar-refractivity contribution in [3.05, 3.63) is 35.9 Å². The number of hydrogen-bond donors (Lipinski definition) is 1. The molecule has 1 saturated carbocycles. The minimum Gasteiger partial charge on any atom is -0.314 e. The van der Waals surface area contributed by atoms with Crippen LogP contribution in [0.2, 0.25) is 0 Å². The van der Waals surface area contributed by atoms with Crippen molar-refractivity contribution >= 4 is 0 Å². The Morgan fingerprint density at radius 2 is 1.71 bits per heavy atom. The molecule has 1 aromatic rings. The van der Waals surface area contributed by atoms with Gasteiger partial charge in [-0.1, -0.05) is 51.1 Å². The first kappa shape index (κ1) is 16.5. The molecule has 1 heteroatoms. The molecule has 1 nitrogen and oxygen atoms in total. The third kappa shape index (κ3) is 5.47. The summed E-state index contributed by atoms with van der Waals surface area (Å²) in [6.07, 6.45) is 7.99. The summed E-state index contributed by atoms with van der Waals surface area (Å²) < 4.78 is 0. The highest BCUT2D eigenvalue weighted by Crippen LogP contribution is 2.35. The maximum atomic E-state index is 3.85. The van der Waals surface area contributed by atoms with Crippen molar-refractivity contribution in [2.45, 2.75) is 65.3 Å². The molecule has 21 heavy (non-hydrogen) atoms. The zero-order valence-electron chi connectivity index (χ0n) is 14.1. The van der Waals surface area contributed by atoms with Crippen molar-refractivity contribution in [1.29, 1.82) is 0 Å². The van der Waals surface area contributed by atoms with E-state index in [-0.39, 0.29) is 0 Å². The molecule has 1 N–H and O–H groups in total. The molecule has 1 fully saturated rings. The number of rotatable bonds is 7. The number of nitrogens with one attached hydrogen (secondary N) is 1. The van der Waals surface area contributed by atoms with Crippen LogP contribution in [0.1, 0.15) is 58.4 Å². The van der Waals surface area contributed by atoms with Crippen molar-refractivity contribution in [3.63, 3.8) is 0 Å². The Morgan fingerprint density at radius 3 is 2.33 bits per heavy atom.